The molecule has 0 atom stereocenters. The van der Waals surface area contributed by atoms with Gasteiger partial charge in [-0.15, -0.1) is 0 Å². The summed E-state index contributed by atoms with van der Waals surface area (Å²) in [6.45, 7) is 0.231. The summed E-state index contributed by atoms with van der Waals surface area (Å²) in [6.07, 6.45) is -1.99. The van der Waals surface area contributed by atoms with Crippen LogP contribution >= 0.6 is 0 Å². The molecule has 0 spiro atoms. The van der Waals surface area contributed by atoms with Gasteiger partial charge in [0.25, 0.3) is 5.78 Å². The molecule has 0 bridgehead atoms. The van der Waals surface area contributed by atoms with Crippen LogP contribution in [0.15, 0.2) is 35.1 Å². The highest BCUT2D eigenvalue weighted by Gasteiger charge is 2.35. The average molecular weight is 219 g/mol. The lowest BCUT2D eigenvalue weighted by molar-refractivity contribution is -0.165. The van der Waals surface area contributed by atoms with E-state index in [1.54, 1.807) is 12.1 Å². The van der Waals surface area contributed by atoms with Gasteiger partial charge in [0.1, 0.15) is 5.76 Å². The smallest absolute Gasteiger partial charge is 0.454 e. The largest absolute Gasteiger partial charge is 0.467 e. The first kappa shape index (κ1) is 11.4. The van der Waals surface area contributed by atoms with E-state index >= 15 is 0 Å². The fourth-order valence-electron chi connectivity index (χ4n) is 0.802. The van der Waals surface area contributed by atoms with Crippen molar-refractivity contribution in [1.82, 2.24) is 5.32 Å². The number of hydrogen-bond donors (Lipinski definition) is 1. The third kappa shape index (κ3) is 3.88. The van der Waals surface area contributed by atoms with E-state index in [1.807, 2.05) is 0 Å². The predicted octanol–water partition coefficient (Wildman–Crippen LogP) is 2.01. The van der Waals surface area contributed by atoms with E-state index in [4.69, 9.17) is 4.42 Å². The Bertz CT molecular complexity index is 341. The first-order chi connectivity index (χ1) is 7.00. The maximum Gasteiger partial charge on any atom is 0.454 e. The van der Waals surface area contributed by atoms with E-state index < -0.39 is 12.0 Å². The van der Waals surface area contributed by atoms with Crippen molar-refractivity contribution in [2.24, 2.45) is 0 Å². The quantitative estimate of drug-likeness (QED) is 0.787. The monoisotopic (exact) mass is 219 g/mol. The van der Waals surface area contributed by atoms with Crippen LogP contribution in [0.3, 0.4) is 0 Å². The second-order valence-electron chi connectivity index (χ2n) is 2.66. The van der Waals surface area contributed by atoms with Gasteiger partial charge in [-0.05, 0) is 12.1 Å². The van der Waals surface area contributed by atoms with Crippen molar-refractivity contribution in [3.8, 4) is 0 Å². The molecule has 0 aliphatic carbocycles. The van der Waals surface area contributed by atoms with Crippen LogP contribution in [0, 0.1) is 0 Å². The van der Waals surface area contributed by atoms with E-state index in [9.17, 15) is 18.0 Å². The zero-order valence-electron chi connectivity index (χ0n) is 7.54. The van der Waals surface area contributed by atoms with Crippen molar-refractivity contribution >= 4 is 5.78 Å². The molecule has 1 aromatic heterocycles. The van der Waals surface area contributed by atoms with Gasteiger partial charge in [-0.1, -0.05) is 0 Å². The Balaban J connectivity index is 2.32. The van der Waals surface area contributed by atoms with E-state index in [2.05, 4.69) is 5.32 Å². The Morgan fingerprint density at radius 2 is 2.27 bits per heavy atom. The minimum atomic E-state index is -4.82. The molecule has 6 heteroatoms. The van der Waals surface area contributed by atoms with Crippen molar-refractivity contribution in [3.63, 3.8) is 0 Å². The highest BCUT2D eigenvalue weighted by Crippen LogP contribution is 2.15. The minimum absolute atomic E-state index is 0.231. The minimum Gasteiger partial charge on any atom is -0.467 e. The van der Waals surface area contributed by atoms with Gasteiger partial charge in [0.15, 0.2) is 0 Å². The number of furan rings is 1. The van der Waals surface area contributed by atoms with Gasteiger partial charge in [-0.3, -0.25) is 4.79 Å². The maximum absolute atomic E-state index is 11.7. The van der Waals surface area contributed by atoms with Crippen molar-refractivity contribution in [1.29, 1.82) is 0 Å². The second-order valence-corrected chi connectivity index (χ2v) is 2.66. The van der Waals surface area contributed by atoms with Gasteiger partial charge in [0.2, 0.25) is 0 Å². The molecule has 0 amide bonds. The lowest BCUT2D eigenvalue weighted by Crippen LogP contribution is -2.20. The van der Waals surface area contributed by atoms with Gasteiger partial charge in [0, 0.05) is 12.3 Å². The van der Waals surface area contributed by atoms with E-state index in [0.717, 1.165) is 6.20 Å². The summed E-state index contributed by atoms with van der Waals surface area (Å²) in [7, 11) is 0. The molecule has 82 valence electrons. The number of allylic oxidation sites excluding steroid dienone is 1. The molecule has 0 saturated heterocycles. The van der Waals surface area contributed by atoms with Crippen molar-refractivity contribution in [3.05, 3.63) is 36.4 Å². The van der Waals surface area contributed by atoms with Gasteiger partial charge in [-0.2, -0.15) is 13.2 Å². The maximum atomic E-state index is 11.7. The highest BCUT2D eigenvalue weighted by molar-refractivity contribution is 5.94. The molecule has 0 unspecified atom stereocenters. The molecule has 0 aliphatic heterocycles. The molecule has 1 heterocycles. The molecule has 15 heavy (non-hydrogen) atoms. The van der Waals surface area contributed by atoms with Gasteiger partial charge < -0.3 is 9.73 Å². The molecule has 0 fully saturated rings. The summed E-state index contributed by atoms with van der Waals surface area (Å²) >= 11 is 0. The van der Waals surface area contributed by atoms with Gasteiger partial charge >= 0.3 is 6.18 Å². The van der Waals surface area contributed by atoms with E-state index in [-0.39, 0.29) is 6.54 Å². The molecule has 1 aromatic rings. The fourth-order valence-corrected chi connectivity index (χ4v) is 0.802. The number of nitrogens with one attached hydrogen (secondary N) is 1. The van der Waals surface area contributed by atoms with Crippen molar-refractivity contribution in [2.45, 2.75) is 12.7 Å². The zero-order chi connectivity index (χ0) is 11.3. The zero-order valence-corrected chi connectivity index (χ0v) is 7.54. The lowest BCUT2D eigenvalue weighted by atomic mass is 10.4. The summed E-state index contributed by atoms with van der Waals surface area (Å²) in [6, 6.07) is 3.31. The van der Waals surface area contributed by atoms with Crippen molar-refractivity contribution in [2.75, 3.05) is 0 Å². The normalized spacial score (nSPS) is 11.9. The topological polar surface area (TPSA) is 42.2 Å². The molecular formula is C9H8F3NO2. The molecular weight excluding hydrogens is 211 g/mol. The number of ketones is 1. The van der Waals surface area contributed by atoms with Crippen molar-refractivity contribution < 1.29 is 22.4 Å². The second kappa shape index (κ2) is 4.68. The molecule has 1 N–H and O–H groups in total. The van der Waals surface area contributed by atoms with Crippen LogP contribution in [-0.4, -0.2) is 12.0 Å². The average Bonchev–Trinajstić information content (AvgIpc) is 2.63. The van der Waals surface area contributed by atoms with Gasteiger partial charge in [0.05, 0.1) is 12.8 Å². The van der Waals surface area contributed by atoms with Crippen LogP contribution in [0.2, 0.25) is 0 Å². The molecule has 0 saturated carbocycles. The van der Waals surface area contributed by atoms with Gasteiger partial charge in [-0.25, -0.2) is 0 Å². The van der Waals surface area contributed by atoms with Crippen LogP contribution in [0.4, 0.5) is 13.2 Å². The first-order valence-corrected chi connectivity index (χ1v) is 4.03. The number of hydrogen-bond acceptors (Lipinski definition) is 3. The third-order valence-corrected chi connectivity index (χ3v) is 1.49. The van der Waals surface area contributed by atoms with Crippen LogP contribution in [0.1, 0.15) is 5.76 Å². The summed E-state index contributed by atoms with van der Waals surface area (Å²) in [5.74, 6) is -1.33. The molecule has 0 radical (unpaired) electrons. The van der Waals surface area contributed by atoms with Crippen LogP contribution in [0.25, 0.3) is 0 Å². The van der Waals surface area contributed by atoms with E-state index in [1.165, 1.54) is 6.26 Å². The van der Waals surface area contributed by atoms with E-state index in [0.29, 0.717) is 11.8 Å². The summed E-state index contributed by atoms with van der Waals surface area (Å²) in [5, 5.41) is 2.50. The number of carbonyl (C=O) groups is 1. The number of carbonyl (C=O) groups excluding carboxylic acids is 1. The predicted molar refractivity (Wildman–Crippen MR) is 45.7 cm³/mol. The SMILES string of the molecule is O=C(/C=C/NCc1ccco1)C(F)(F)F. The molecule has 0 aromatic carbocycles. The molecule has 3 nitrogen and oxygen atoms in total. The Morgan fingerprint density at radius 1 is 1.53 bits per heavy atom. The summed E-state index contributed by atoms with van der Waals surface area (Å²) in [5.41, 5.74) is 0. The Hall–Kier alpha value is -1.72. The fraction of sp³-hybridized carbons (Fsp3) is 0.222. The third-order valence-electron chi connectivity index (χ3n) is 1.49. The van der Waals surface area contributed by atoms with Crippen LogP contribution in [-0.2, 0) is 11.3 Å². The Labute approximate surface area is 83.6 Å². The lowest BCUT2D eigenvalue weighted by Gasteiger charge is -2.00. The summed E-state index contributed by atoms with van der Waals surface area (Å²) < 4.78 is 40.0. The standard InChI is InChI=1S/C9H8F3NO2/c10-9(11,12)8(14)3-4-13-6-7-2-1-5-15-7/h1-5,13H,6H2/b4-3+. The van der Waals surface area contributed by atoms with Crippen LogP contribution in [0.5, 0.6) is 0 Å². The van der Waals surface area contributed by atoms with Crippen LogP contribution < -0.4 is 5.32 Å². The Kier molecular flexibility index (Phi) is 3.54. The molecule has 0 aliphatic rings. The Morgan fingerprint density at radius 3 is 2.80 bits per heavy atom. The molecule has 1 rings (SSSR count). The summed E-state index contributed by atoms with van der Waals surface area (Å²) in [4.78, 5) is 10.4. The number of alkyl halides is 3. The number of halogens is 3. The number of rotatable bonds is 4. The first-order valence-electron chi connectivity index (χ1n) is 4.03. The highest BCUT2D eigenvalue weighted by atomic mass is 19.4.